The van der Waals surface area contributed by atoms with Crippen LogP contribution in [0.3, 0.4) is 0 Å². The molecular weight excluding hydrogens is 429 g/mol. The lowest BCUT2D eigenvalue weighted by molar-refractivity contribution is -0.671. The molecule has 0 bridgehead atoms. The van der Waals surface area contributed by atoms with Crippen LogP contribution in [0.1, 0.15) is 54.6 Å². The summed E-state index contributed by atoms with van der Waals surface area (Å²) in [6.07, 6.45) is 5.15. The number of fused-ring (bicyclic) bond motifs is 1. The zero-order valence-corrected chi connectivity index (χ0v) is 19.0. The van der Waals surface area contributed by atoms with Crippen LogP contribution < -0.4 is 4.57 Å². The number of aryl methyl sites for hydroxylation is 1. The fraction of sp³-hybridized carbons (Fsp3) is 0.360. The van der Waals surface area contributed by atoms with Crippen LogP contribution in [0.15, 0.2) is 47.5 Å². The van der Waals surface area contributed by atoms with E-state index in [9.17, 15) is 22.7 Å². The van der Waals surface area contributed by atoms with Gasteiger partial charge < -0.3 is 5.11 Å². The van der Waals surface area contributed by atoms with Crippen LogP contribution in [0.5, 0.6) is 0 Å². The van der Waals surface area contributed by atoms with Gasteiger partial charge in [0.15, 0.2) is 16.0 Å². The number of aromatic nitrogens is 1. The fourth-order valence-electron chi connectivity index (χ4n) is 4.72. The van der Waals surface area contributed by atoms with Gasteiger partial charge in [-0.1, -0.05) is 13.0 Å². The highest BCUT2D eigenvalue weighted by Crippen LogP contribution is 2.41. The van der Waals surface area contributed by atoms with E-state index >= 15 is 0 Å². The fourth-order valence-corrected chi connectivity index (χ4v) is 5.62. The van der Waals surface area contributed by atoms with E-state index in [1.165, 1.54) is 12.1 Å². The Morgan fingerprint density at radius 3 is 2.44 bits per heavy atom. The predicted molar refractivity (Wildman–Crippen MR) is 121 cm³/mol. The molecule has 0 aliphatic heterocycles. The van der Waals surface area contributed by atoms with Gasteiger partial charge in [-0.2, -0.15) is 4.57 Å². The highest BCUT2D eigenvalue weighted by atomic mass is 32.2. The van der Waals surface area contributed by atoms with Crippen molar-refractivity contribution in [2.45, 2.75) is 49.5 Å². The normalized spacial score (nSPS) is 19.2. The van der Waals surface area contributed by atoms with E-state index in [-0.39, 0.29) is 22.7 Å². The molecule has 4 rings (SSSR count). The number of aliphatic hydroxyl groups excluding tert-OH is 1. The summed E-state index contributed by atoms with van der Waals surface area (Å²) < 4.78 is 41.3. The molecule has 1 fully saturated rings. The first-order valence-corrected chi connectivity index (χ1v) is 12.5. The van der Waals surface area contributed by atoms with E-state index in [1.807, 2.05) is 6.07 Å². The monoisotopic (exact) mass is 456 g/mol. The summed E-state index contributed by atoms with van der Waals surface area (Å²) in [6.45, 7) is 1.61. The molecule has 1 heterocycles. The molecule has 2 aromatic carbocycles. The average molecular weight is 457 g/mol. The van der Waals surface area contributed by atoms with Crippen LogP contribution in [-0.4, -0.2) is 31.7 Å². The van der Waals surface area contributed by atoms with Crippen LogP contribution in [0.2, 0.25) is 0 Å². The van der Waals surface area contributed by atoms with Crippen LogP contribution in [0.25, 0.3) is 21.9 Å². The molecule has 1 saturated carbocycles. The largest absolute Gasteiger partial charge is 0.393 e. The summed E-state index contributed by atoms with van der Waals surface area (Å²) in [5.41, 5.74) is 2.81. The number of halogens is 1. The third-order valence-electron chi connectivity index (χ3n) is 6.55. The van der Waals surface area contributed by atoms with Crippen LogP contribution >= 0.6 is 0 Å². The Balaban J connectivity index is 2.03. The number of carbonyl (C=O) groups is 1. The highest BCUT2D eigenvalue weighted by molar-refractivity contribution is 7.91. The van der Waals surface area contributed by atoms with Gasteiger partial charge in [-0.15, -0.1) is 0 Å². The molecule has 5 nitrogen and oxygen atoms in total. The standard InChI is InChI=1S/C25H27FNO4S/c1-3-32(30,31)19-9-11-20(16-4-7-18(29)8-5-16)23(13-19)24-14-27(2)25(15-28)21-10-6-17(26)12-22(21)24/h6,9-16,18,29H,3-5,7-8H2,1-2H3/q+1. The summed E-state index contributed by atoms with van der Waals surface area (Å²) in [7, 11) is -1.70. The van der Waals surface area contributed by atoms with E-state index < -0.39 is 15.7 Å². The van der Waals surface area contributed by atoms with Crippen molar-refractivity contribution >= 4 is 26.9 Å². The number of pyridine rings is 1. The molecular formula is C25H27FNO4S+. The molecule has 1 aromatic heterocycles. The van der Waals surface area contributed by atoms with Crippen molar-refractivity contribution in [3.63, 3.8) is 0 Å². The third-order valence-corrected chi connectivity index (χ3v) is 8.28. The number of rotatable bonds is 5. The molecule has 1 N–H and O–H groups in total. The van der Waals surface area contributed by atoms with Crippen molar-refractivity contribution in [3.8, 4) is 11.1 Å². The quantitative estimate of drug-likeness (QED) is 0.463. The molecule has 1 aliphatic carbocycles. The maximum absolute atomic E-state index is 14.3. The lowest BCUT2D eigenvalue weighted by Crippen LogP contribution is -2.33. The molecule has 3 aromatic rings. The zero-order chi connectivity index (χ0) is 23.0. The molecule has 7 heteroatoms. The smallest absolute Gasteiger partial charge is 0.253 e. The first-order valence-electron chi connectivity index (χ1n) is 10.9. The number of aldehydes is 1. The van der Waals surface area contributed by atoms with Crippen molar-refractivity contribution < 1.29 is 27.3 Å². The Labute approximate surface area is 187 Å². The van der Waals surface area contributed by atoms with Gasteiger partial charge in [-0.25, -0.2) is 12.8 Å². The average Bonchev–Trinajstić information content (AvgIpc) is 2.79. The number of nitrogens with zero attached hydrogens (tertiary/aromatic N) is 1. The second-order valence-electron chi connectivity index (χ2n) is 8.50. The zero-order valence-electron chi connectivity index (χ0n) is 18.2. The van der Waals surface area contributed by atoms with E-state index in [4.69, 9.17) is 0 Å². The molecule has 0 spiro atoms. The Kier molecular flexibility index (Phi) is 6.14. The molecule has 32 heavy (non-hydrogen) atoms. The lowest BCUT2D eigenvalue weighted by Gasteiger charge is -2.28. The van der Waals surface area contributed by atoms with Gasteiger partial charge in [0.25, 0.3) is 5.69 Å². The molecule has 0 radical (unpaired) electrons. The van der Waals surface area contributed by atoms with Gasteiger partial charge in [-0.3, -0.25) is 4.79 Å². The number of sulfone groups is 1. The molecule has 0 saturated heterocycles. The molecule has 0 amide bonds. The van der Waals surface area contributed by atoms with Crippen molar-refractivity contribution in [3.05, 3.63) is 59.7 Å². The van der Waals surface area contributed by atoms with E-state index in [0.29, 0.717) is 34.9 Å². The van der Waals surface area contributed by atoms with Crippen LogP contribution in [0, 0.1) is 5.82 Å². The minimum absolute atomic E-state index is 0.0192. The third kappa shape index (κ3) is 4.07. The first-order chi connectivity index (χ1) is 15.2. The maximum Gasteiger partial charge on any atom is 0.253 e. The summed E-state index contributed by atoms with van der Waals surface area (Å²) in [5, 5.41) is 11.1. The van der Waals surface area contributed by atoms with E-state index in [0.717, 1.165) is 30.3 Å². The minimum Gasteiger partial charge on any atom is -0.393 e. The molecule has 0 atom stereocenters. The highest BCUT2D eigenvalue weighted by Gasteiger charge is 2.27. The summed E-state index contributed by atoms with van der Waals surface area (Å²) in [4.78, 5) is 11.9. The minimum atomic E-state index is -3.45. The van der Waals surface area contributed by atoms with E-state index in [1.54, 1.807) is 42.9 Å². The second-order valence-corrected chi connectivity index (χ2v) is 10.8. The van der Waals surface area contributed by atoms with Crippen molar-refractivity contribution in [1.29, 1.82) is 0 Å². The molecule has 0 unspecified atom stereocenters. The van der Waals surface area contributed by atoms with E-state index in [2.05, 4.69) is 0 Å². The SMILES string of the molecule is CCS(=O)(=O)c1ccc(C2CCC(O)CC2)c(-c2c[n+](C)c(C=O)c3ccc(F)cc23)c1. The summed E-state index contributed by atoms with van der Waals surface area (Å²) >= 11 is 0. The maximum atomic E-state index is 14.3. The lowest BCUT2D eigenvalue weighted by atomic mass is 9.79. The van der Waals surface area contributed by atoms with Gasteiger partial charge in [0.05, 0.1) is 27.7 Å². The number of benzene rings is 2. The van der Waals surface area contributed by atoms with Crippen molar-refractivity contribution in [2.75, 3.05) is 5.75 Å². The predicted octanol–water partition coefficient (Wildman–Crippen LogP) is 4.10. The van der Waals surface area contributed by atoms with Gasteiger partial charge in [-0.05, 0) is 73.1 Å². The van der Waals surface area contributed by atoms with Crippen molar-refractivity contribution in [1.82, 2.24) is 0 Å². The Morgan fingerprint density at radius 1 is 1.06 bits per heavy atom. The number of carbonyl (C=O) groups excluding carboxylic acids is 1. The first kappa shape index (κ1) is 22.6. The Morgan fingerprint density at radius 2 is 1.78 bits per heavy atom. The summed E-state index contributed by atoms with van der Waals surface area (Å²) in [5.74, 6) is -0.287. The van der Waals surface area contributed by atoms with Crippen LogP contribution in [0.4, 0.5) is 4.39 Å². The van der Waals surface area contributed by atoms with Crippen LogP contribution in [-0.2, 0) is 16.9 Å². The van der Waals surface area contributed by atoms with Crippen molar-refractivity contribution in [2.24, 2.45) is 7.05 Å². The van der Waals surface area contributed by atoms with Gasteiger partial charge >= 0.3 is 0 Å². The Bertz CT molecular complexity index is 1300. The molecule has 1 aliphatic rings. The van der Waals surface area contributed by atoms with Gasteiger partial charge in [0, 0.05) is 5.39 Å². The number of hydrogen-bond acceptors (Lipinski definition) is 4. The number of aliphatic hydroxyl groups is 1. The second kappa shape index (κ2) is 8.71. The number of hydrogen-bond donors (Lipinski definition) is 1. The van der Waals surface area contributed by atoms with Gasteiger partial charge in [0.2, 0.25) is 6.29 Å². The topological polar surface area (TPSA) is 75.3 Å². The summed E-state index contributed by atoms with van der Waals surface area (Å²) in [6, 6.07) is 9.48. The Hall–Kier alpha value is -2.64. The van der Waals surface area contributed by atoms with Gasteiger partial charge in [0.1, 0.15) is 12.9 Å². The molecule has 168 valence electrons.